The normalized spacial score (nSPS) is 16.1. The number of hydrogen-bond donors (Lipinski definition) is 2. The number of nitrogens with zero attached hydrogens (tertiary/aromatic N) is 1. The second-order valence-electron chi connectivity index (χ2n) is 6.75. The van der Waals surface area contributed by atoms with E-state index < -0.39 is 0 Å². The Morgan fingerprint density at radius 1 is 1.30 bits per heavy atom. The number of anilines is 1. The number of halogens is 2. The molecule has 1 unspecified atom stereocenters. The molecule has 0 saturated heterocycles. The van der Waals surface area contributed by atoms with Gasteiger partial charge in [-0.25, -0.2) is 0 Å². The Kier molecular flexibility index (Phi) is 9.16. The number of benzene rings is 1. The molecule has 0 radical (unpaired) electrons. The molecule has 0 aliphatic carbocycles. The van der Waals surface area contributed by atoms with Gasteiger partial charge in [-0.3, -0.25) is 4.79 Å². The minimum Gasteiger partial charge on any atom is -0.459 e. The highest BCUT2D eigenvalue weighted by Crippen LogP contribution is 2.33. The maximum absolute atomic E-state index is 12.5. The lowest BCUT2D eigenvalue weighted by molar-refractivity contribution is 0.0921. The van der Waals surface area contributed by atoms with Gasteiger partial charge in [-0.1, -0.05) is 25.1 Å². The number of likely N-dealkylation sites (N-methyl/N-ethyl adjacent to an activating group) is 1. The lowest BCUT2D eigenvalue weighted by atomic mass is 10.1. The highest BCUT2D eigenvalue weighted by Gasteiger charge is 2.27. The summed E-state index contributed by atoms with van der Waals surface area (Å²) in [5.41, 5.74) is 3.55. The van der Waals surface area contributed by atoms with Gasteiger partial charge >= 0.3 is 0 Å². The molecule has 150 valence electrons. The van der Waals surface area contributed by atoms with E-state index in [-0.39, 0.29) is 36.8 Å². The molecule has 7 heteroatoms. The van der Waals surface area contributed by atoms with Crippen LogP contribution in [0.25, 0.3) is 0 Å². The third kappa shape index (κ3) is 5.41. The van der Waals surface area contributed by atoms with Crippen LogP contribution >= 0.6 is 24.8 Å². The van der Waals surface area contributed by atoms with Gasteiger partial charge in [0.1, 0.15) is 0 Å². The fourth-order valence-corrected chi connectivity index (χ4v) is 3.46. The van der Waals surface area contributed by atoms with Crippen molar-refractivity contribution in [3.8, 4) is 0 Å². The first-order valence-electron chi connectivity index (χ1n) is 9.02. The van der Waals surface area contributed by atoms with Crippen molar-refractivity contribution in [2.75, 3.05) is 18.0 Å². The van der Waals surface area contributed by atoms with E-state index in [0.29, 0.717) is 24.9 Å². The van der Waals surface area contributed by atoms with Crippen molar-refractivity contribution in [1.82, 2.24) is 10.6 Å². The average Bonchev–Trinajstić information content (AvgIpc) is 3.18. The molecule has 0 saturated carbocycles. The zero-order chi connectivity index (χ0) is 17.8. The van der Waals surface area contributed by atoms with Crippen LogP contribution in [0.4, 0.5) is 5.69 Å². The molecular formula is C20H29Cl2N3O2. The van der Waals surface area contributed by atoms with Crippen LogP contribution in [0.15, 0.2) is 41.0 Å². The minimum atomic E-state index is -0.148. The van der Waals surface area contributed by atoms with Crippen LogP contribution in [0.3, 0.4) is 0 Å². The molecule has 0 bridgehead atoms. The van der Waals surface area contributed by atoms with Gasteiger partial charge in [0.05, 0.1) is 6.26 Å². The maximum Gasteiger partial charge on any atom is 0.287 e. The number of carbonyl (C=O) groups is 1. The summed E-state index contributed by atoms with van der Waals surface area (Å²) < 4.78 is 5.49. The second kappa shape index (κ2) is 10.6. The molecule has 0 spiro atoms. The Morgan fingerprint density at radius 2 is 2.04 bits per heavy atom. The highest BCUT2D eigenvalue weighted by molar-refractivity contribution is 5.93. The molecule has 1 aromatic heterocycles. The van der Waals surface area contributed by atoms with Gasteiger partial charge in [-0.05, 0) is 44.5 Å². The monoisotopic (exact) mass is 413 g/mol. The van der Waals surface area contributed by atoms with Gasteiger partial charge in [-0.15, -0.1) is 24.8 Å². The average molecular weight is 414 g/mol. The first-order valence-corrected chi connectivity index (χ1v) is 9.02. The largest absolute Gasteiger partial charge is 0.459 e. The topological polar surface area (TPSA) is 57.5 Å². The number of carbonyl (C=O) groups excluding carboxylic acids is 1. The standard InChI is InChI=1S/C20H27N3O2.2ClH/c1-4-21-14(2)12-22-20(24)19-17(9-10-25-19)13-23-15(3)11-16-7-5-6-8-18(16)23;;/h5-10,14-15,21H,4,11-13H2,1-3H3,(H,22,24);2*1H/t14-,15?;;/m1../s1. The second-order valence-corrected chi connectivity index (χ2v) is 6.75. The first-order chi connectivity index (χ1) is 12.1. The van der Waals surface area contributed by atoms with Crippen LogP contribution < -0.4 is 15.5 Å². The maximum atomic E-state index is 12.5. The molecule has 1 aliphatic heterocycles. The lowest BCUT2D eigenvalue weighted by Crippen LogP contribution is -2.39. The lowest BCUT2D eigenvalue weighted by Gasteiger charge is -2.24. The molecule has 5 nitrogen and oxygen atoms in total. The van der Waals surface area contributed by atoms with E-state index in [1.165, 1.54) is 11.3 Å². The van der Waals surface area contributed by atoms with Gasteiger partial charge in [0, 0.05) is 36.4 Å². The zero-order valence-corrected chi connectivity index (χ0v) is 17.7. The molecular weight excluding hydrogens is 385 g/mol. The van der Waals surface area contributed by atoms with Crippen molar-refractivity contribution in [3.05, 3.63) is 53.5 Å². The summed E-state index contributed by atoms with van der Waals surface area (Å²) in [5, 5.41) is 6.23. The number of fused-ring (bicyclic) bond motifs is 1. The van der Waals surface area contributed by atoms with Crippen LogP contribution in [0.5, 0.6) is 0 Å². The van der Waals surface area contributed by atoms with Gasteiger partial charge in [-0.2, -0.15) is 0 Å². The number of hydrogen-bond acceptors (Lipinski definition) is 4. The zero-order valence-electron chi connectivity index (χ0n) is 16.0. The molecule has 1 amide bonds. The van der Waals surface area contributed by atoms with Gasteiger partial charge in [0.15, 0.2) is 5.76 Å². The third-order valence-corrected chi connectivity index (χ3v) is 4.76. The minimum absolute atomic E-state index is 0. The number of furan rings is 1. The summed E-state index contributed by atoms with van der Waals surface area (Å²) >= 11 is 0. The van der Waals surface area contributed by atoms with Crippen LogP contribution in [0, 0.1) is 0 Å². The van der Waals surface area contributed by atoms with Crippen molar-refractivity contribution < 1.29 is 9.21 Å². The van der Waals surface area contributed by atoms with Crippen LogP contribution in [-0.2, 0) is 13.0 Å². The van der Waals surface area contributed by atoms with Crippen LogP contribution in [0.1, 0.15) is 42.5 Å². The van der Waals surface area contributed by atoms with Gasteiger partial charge in [0.2, 0.25) is 0 Å². The van der Waals surface area contributed by atoms with Crippen LogP contribution in [-0.4, -0.2) is 31.1 Å². The SMILES string of the molecule is CCN[C@H](C)CNC(=O)c1occc1CN1c2ccccc2CC1C.Cl.Cl. The van der Waals surface area contributed by atoms with E-state index in [0.717, 1.165) is 18.5 Å². The van der Waals surface area contributed by atoms with Gasteiger partial charge < -0.3 is 20.0 Å². The Balaban J connectivity index is 0.00000182. The summed E-state index contributed by atoms with van der Waals surface area (Å²) in [7, 11) is 0. The number of rotatable bonds is 7. The summed E-state index contributed by atoms with van der Waals surface area (Å²) in [6.07, 6.45) is 2.64. The highest BCUT2D eigenvalue weighted by atomic mass is 35.5. The predicted molar refractivity (Wildman–Crippen MR) is 114 cm³/mol. The van der Waals surface area contributed by atoms with E-state index in [9.17, 15) is 4.79 Å². The Hall–Kier alpha value is -1.69. The van der Waals surface area contributed by atoms with Gasteiger partial charge in [0.25, 0.3) is 5.91 Å². The van der Waals surface area contributed by atoms with Crippen molar-refractivity contribution in [1.29, 1.82) is 0 Å². The quantitative estimate of drug-likeness (QED) is 0.724. The first kappa shape index (κ1) is 23.3. The summed E-state index contributed by atoms with van der Waals surface area (Å²) in [6, 6.07) is 11.0. The molecule has 1 aliphatic rings. The Bertz CT molecular complexity index is 736. The predicted octanol–water partition coefficient (Wildman–Crippen LogP) is 3.80. The molecule has 1 aromatic carbocycles. The fourth-order valence-electron chi connectivity index (χ4n) is 3.46. The Morgan fingerprint density at radius 3 is 2.78 bits per heavy atom. The number of para-hydroxylation sites is 1. The van der Waals surface area contributed by atoms with Crippen LogP contribution in [0.2, 0.25) is 0 Å². The molecule has 2 N–H and O–H groups in total. The number of nitrogens with one attached hydrogen (secondary N) is 2. The smallest absolute Gasteiger partial charge is 0.287 e. The third-order valence-electron chi connectivity index (χ3n) is 4.76. The van der Waals surface area contributed by atoms with E-state index in [4.69, 9.17) is 4.42 Å². The summed E-state index contributed by atoms with van der Waals surface area (Å²) in [6.45, 7) is 8.47. The molecule has 0 fully saturated rings. The van der Waals surface area contributed by atoms with E-state index in [1.54, 1.807) is 6.26 Å². The number of amides is 1. The summed E-state index contributed by atoms with van der Waals surface area (Å²) in [5.74, 6) is 0.269. The molecule has 3 rings (SSSR count). The van der Waals surface area contributed by atoms with Crippen molar-refractivity contribution in [2.24, 2.45) is 0 Å². The van der Waals surface area contributed by atoms with Crippen molar-refractivity contribution in [3.63, 3.8) is 0 Å². The Labute approximate surface area is 173 Å². The molecule has 2 heterocycles. The fraction of sp³-hybridized carbons (Fsp3) is 0.450. The van der Waals surface area contributed by atoms with E-state index in [1.807, 2.05) is 6.07 Å². The van der Waals surface area contributed by atoms with E-state index in [2.05, 4.69) is 60.6 Å². The molecule has 2 atom stereocenters. The molecule has 27 heavy (non-hydrogen) atoms. The van der Waals surface area contributed by atoms with E-state index >= 15 is 0 Å². The summed E-state index contributed by atoms with van der Waals surface area (Å²) in [4.78, 5) is 14.8. The van der Waals surface area contributed by atoms with Crippen molar-refractivity contribution >= 4 is 36.4 Å². The van der Waals surface area contributed by atoms with Crippen molar-refractivity contribution in [2.45, 2.75) is 45.8 Å². The molecule has 2 aromatic rings.